The molecule has 1 aliphatic heterocycles. The largest absolute Gasteiger partial charge is 0.365 e. The summed E-state index contributed by atoms with van der Waals surface area (Å²) < 4.78 is 14.1. The molecule has 0 saturated heterocycles. The Balaban J connectivity index is 1.66. The van der Waals surface area contributed by atoms with E-state index >= 15 is 0 Å². The van der Waals surface area contributed by atoms with Crippen LogP contribution in [0.2, 0.25) is 0 Å². The van der Waals surface area contributed by atoms with Crippen LogP contribution in [0.15, 0.2) is 24.4 Å². The molecule has 1 amide bonds. The van der Waals surface area contributed by atoms with E-state index in [0.717, 1.165) is 25.7 Å². The van der Waals surface area contributed by atoms with Gasteiger partial charge >= 0.3 is 0 Å². The molecule has 0 aromatic carbocycles. The molecule has 0 bridgehead atoms. The molecule has 6 heteroatoms. The highest BCUT2D eigenvalue weighted by molar-refractivity contribution is 5.77. The van der Waals surface area contributed by atoms with Gasteiger partial charge in [0.2, 0.25) is 5.91 Å². The number of pyridine rings is 1. The van der Waals surface area contributed by atoms with Gasteiger partial charge in [0, 0.05) is 31.7 Å². The predicted octanol–water partition coefficient (Wildman–Crippen LogP) is 2.85. The van der Waals surface area contributed by atoms with Crippen molar-refractivity contribution >= 4 is 11.7 Å². The summed E-state index contributed by atoms with van der Waals surface area (Å²) in [4.78, 5) is 18.3. The van der Waals surface area contributed by atoms with E-state index in [-0.39, 0.29) is 29.2 Å². The van der Waals surface area contributed by atoms with E-state index in [1.807, 2.05) is 23.1 Å². The maximum atomic E-state index is 14.1. The molecule has 2 aliphatic rings. The van der Waals surface area contributed by atoms with Gasteiger partial charge in [-0.25, -0.2) is 9.37 Å². The summed E-state index contributed by atoms with van der Waals surface area (Å²) in [6.45, 7) is 1.38. The summed E-state index contributed by atoms with van der Waals surface area (Å²) in [6, 6.07) is 3.10. The monoisotopic (exact) mass is 328 g/mol. The molecule has 2 atom stereocenters. The standard InChI is InChI=1S/C18H21FN4O/c19-15-9-13(11-20)12-21-18(15)22-16-6-2-1-5-14(16)10-17(24)23-7-3-4-8-23/h3-4,9,12,14,16H,1-2,5-8,10H2,(H,21,22)/t14-,16-/m0/s1. The number of nitrogens with one attached hydrogen (secondary N) is 1. The molecule has 0 unspecified atom stereocenters. The van der Waals surface area contributed by atoms with Gasteiger partial charge in [0.1, 0.15) is 6.07 Å². The van der Waals surface area contributed by atoms with Crippen molar-refractivity contribution < 1.29 is 9.18 Å². The van der Waals surface area contributed by atoms with Crippen molar-refractivity contribution in [2.75, 3.05) is 18.4 Å². The first-order valence-corrected chi connectivity index (χ1v) is 8.42. The lowest BCUT2D eigenvalue weighted by molar-refractivity contribution is -0.131. The van der Waals surface area contributed by atoms with Crippen LogP contribution >= 0.6 is 0 Å². The van der Waals surface area contributed by atoms with Crippen LogP contribution in [0.5, 0.6) is 0 Å². The minimum absolute atomic E-state index is 0.0354. The van der Waals surface area contributed by atoms with Crippen molar-refractivity contribution in [3.05, 3.63) is 35.8 Å². The quantitative estimate of drug-likeness (QED) is 0.863. The summed E-state index contributed by atoms with van der Waals surface area (Å²) in [7, 11) is 0. The molecule has 126 valence electrons. The Morgan fingerprint density at radius 3 is 2.83 bits per heavy atom. The maximum absolute atomic E-state index is 14.1. The van der Waals surface area contributed by atoms with Gasteiger partial charge in [-0.05, 0) is 24.8 Å². The Labute approximate surface area is 141 Å². The summed E-state index contributed by atoms with van der Waals surface area (Å²) in [6.07, 6.45) is 9.87. The Hall–Kier alpha value is -2.42. The number of rotatable bonds is 4. The third-order valence-corrected chi connectivity index (χ3v) is 4.81. The fraction of sp³-hybridized carbons (Fsp3) is 0.500. The predicted molar refractivity (Wildman–Crippen MR) is 88.6 cm³/mol. The molecule has 24 heavy (non-hydrogen) atoms. The minimum Gasteiger partial charge on any atom is -0.365 e. The minimum atomic E-state index is -0.520. The lowest BCUT2D eigenvalue weighted by Crippen LogP contribution is -2.38. The fourth-order valence-electron chi connectivity index (χ4n) is 3.46. The number of amides is 1. The van der Waals surface area contributed by atoms with E-state index < -0.39 is 5.82 Å². The van der Waals surface area contributed by atoms with E-state index in [2.05, 4.69) is 10.3 Å². The Kier molecular flexibility index (Phi) is 5.09. The van der Waals surface area contributed by atoms with Crippen LogP contribution in [0.4, 0.5) is 10.2 Å². The van der Waals surface area contributed by atoms with Gasteiger partial charge in [-0.15, -0.1) is 0 Å². The van der Waals surface area contributed by atoms with Gasteiger partial charge < -0.3 is 10.2 Å². The molecule has 1 aliphatic carbocycles. The zero-order valence-electron chi connectivity index (χ0n) is 13.5. The summed E-state index contributed by atoms with van der Waals surface area (Å²) in [5, 5.41) is 12.0. The van der Waals surface area contributed by atoms with Crippen LogP contribution in [0.3, 0.4) is 0 Å². The zero-order chi connectivity index (χ0) is 16.9. The summed E-state index contributed by atoms with van der Waals surface area (Å²) in [5.41, 5.74) is 0.204. The van der Waals surface area contributed by atoms with Gasteiger partial charge in [-0.1, -0.05) is 25.0 Å². The zero-order valence-corrected chi connectivity index (χ0v) is 13.5. The van der Waals surface area contributed by atoms with Gasteiger partial charge in [0.05, 0.1) is 5.56 Å². The molecule has 1 N–H and O–H groups in total. The van der Waals surface area contributed by atoms with Crippen LogP contribution in [0.25, 0.3) is 0 Å². The second-order valence-electron chi connectivity index (χ2n) is 6.44. The molecule has 3 rings (SSSR count). The first-order valence-electron chi connectivity index (χ1n) is 8.42. The molecule has 2 heterocycles. The lowest BCUT2D eigenvalue weighted by Gasteiger charge is -2.33. The SMILES string of the molecule is N#Cc1cnc(N[C@H]2CCCC[C@H]2CC(=O)N2CC=CC2)c(F)c1. The number of carbonyl (C=O) groups excluding carboxylic acids is 1. The number of carbonyl (C=O) groups is 1. The van der Waals surface area contributed by atoms with Crippen LogP contribution in [-0.2, 0) is 4.79 Å². The summed E-state index contributed by atoms with van der Waals surface area (Å²) >= 11 is 0. The van der Waals surface area contributed by atoms with Crippen molar-refractivity contribution in [1.82, 2.24) is 9.88 Å². The molecule has 1 aromatic rings. The fourth-order valence-corrected chi connectivity index (χ4v) is 3.46. The van der Waals surface area contributed by atoms with Gasteiger partial charge in [0.15, 0.2) is 11.6 Å². The van der Waals surface area contributed by atoms with Crippen molar-refractivity contribution in [2.24, 2.45) is 5.92 Å². The Bertz CT molecular complexity index is 674. The van der Waals surface area contributed by atoms with Crippen LogP contribution in [0.1, 0.15) is 37.7 Å². The van der Waals surface area contributed by atoms with E-state index in [1.54, 1.807) is 0 Å². The third kappa shape index (κ3) is 3.73. The first kappa shape index (κ1) is 16.4. The molecule has 1 aromatic heterocycles. The van der Waals surface area contributed by atoms with E-state index in [0.29, 0.717) is 19.5 Å². The topological polar surface area (TPSA) is 69.0 Å². The Morgan fingerprint density at radius 2 is 2.12 bits per heavy atom. The molecule has 1 fully saturated rings. The van der Waals surface area contributed by atoms with Crippen molar-refractivity contribution in [3.8, 4) is 6.07 Å². The average Bonchev–Trinajstić information content (AvgIpc) is 3.13. The number of halogens is 1. The summed E-state index contributed by atoms with van der Waals surface area (Å²) in [5.74, 6) is -0.00900. The van der Waals surface area contributed by atoms with E-state index in [9.17, 15) is 9.18 Å². The molecular weight excluding hydrogens is 307 g/mol. The number of nitrogens with zero attached hydrogens (tertiary/aromatic N) is 3. The van der Waals surface area contributed by atoms with Crippen LogP contribution < -0.4 is 5.32 Å². The average molecular weight is 328 g/mol. The molecule has 0 spiro atoms. The van der Waals surface area contributed by atoms with Gasteiger partial charge in [-0.3, -0.25) is 4.79 Å². The maximum Gasteiger partial charge on any atom is 0.223 e. The van der Waals surface area contributed by atoms with Crippen molar-refractivity contribution in [2.45, 2.75) is 38.1 Å². The first-order chi connectivity index (χ1) is 11.7. The third-order valence-electron chi connectivity index (χ3n) is 4.81. The number of hydrogen-bond donors (Lipinski definition) is 1. The van der Waals surface area contributed by atoms with Gasteiger partial charge in [0.25, 0.3) is 0 Å². The molecule has 1 saturated carbocycles. The highest BCUT2D eigenvalue weighted by Crippen LogP contribution is 2.30. The van der Waals surface area contributed by atoms with E-state index in [1.165, 1.54) is 12.3 Å². The normalized spacial score (nSPS) is 23.1. The number of aromatic nitrogens is 1. The molecular formula is C18H21FN4O. The second-order valence-corrected chi connectivity index (χ2v) is 6.44. The Morgan fingerprint density at radius 1 is 1.38 bits per heavy atom. The van der Waals surface area contributed by atoms with Crippen LogP contribution in [0, 0.1) is 23.1 Å². The number of anilines is 1. The van der Waals surface area contributed by atoms with Crippen molar-refractivity contribution in [1.29, 1.82) is 5.26 Å². The highest BCUT2D eigenvalue weighted by Gasteiger charge is 2.29. The smallest absolute Gasteiger partial charge is 0.223 e. The second kappa shape index (κ2) is 7.43. The van der Waals surface area contributed by atoms with Gasteiger partial charge in [-0.2, -0.15) is 5.26 Å². The molecule has 0 radical (unpaired) electrons. The highest BCUT2D eigenvalue weighted by atomic mass is 19.1. The van der Waals surface area contributed by atoms with Crippen molar-refractivity contribution in [3.63, 3.8) is 0 Å². The van der Waals surface area contributed by atoms with E-state index in [4.69, 9.17) is 5.26 Å². The number of hydrogen-bond acceptors (Lipinski definition) is 4. The number of nitriles is 1. The molecule has 5 nitrogen and oxygen atoms in total. The van der Waals surface area contributed by atoms with Crippen LogP contribution in [-0.4, -0.2) is 34.9 Å². The lowest BCUT2D eigenvalue weighted by atomic mass is 9.82.